The third-order valence-electron chi connectivity index (χ3n) is 3.87. The van der Waals surface area contributed by atoms with Gasteiger partial charge in [0.2, 0.25) is 5.91 Å². The Kier molecular flexibility index (Phi) is 6.71. The van der Waals surface area contributed by atoms with Crippen LogP contribution >= 0.6 is 0 Å². The lowest BCUT2D eigenvalue weighted by atomic mass is 10.2. The zero-order valence-corrected chi connectivity index (χ0v) is 14.7. The lowest BCUT2D eigenvalue weighted by Crippen LogP contribution is -2.51. The van der Waals surface area contributed by atoms with Crippen molar-refractivity contribution in [2.45, 2.75) is 13.8 Å². The molecule has 3 amide bonds. The molecule has 0 aromatic carbocycles. The number of nitrogens with zero attached hydrogens (tertiary/aromatic N) is 4. The summed E-state index contributed by atoms with van der Waals surface area (Å²) in [4.78, 5) is 31.8. The minimum absolute atomic E-state index is 0.177. The zero-order chi connectivity index (χ0) is 18.2. The Bertz CT molecular complexity index is 647. The standard InChI is InChI=1S/C17H24N6O2/c1-13(2)11-20-17(25)21-15(24)12-22-6-8-23(9-7-22)16-14(10-18)4-3-5-19-16/h3-5,13H,6-9,11-12H2,1-2H3,(H2,20,21,24,25). The summed E-state index contributed by atoms with van der Waals surface area (Å²) in [6.45, 7) is 7.38. The molecule has 1 aromatic heterocycles. The van der Waals surface area contributed by atoms with Crippen molar-refractivity contribution in [3.8, 4) is 6.07 Å². The molecular formula is C17H24N6O2. The average molecular weight is 344 g/mol. The number of piperazine rings is 1. The molecule has 0 radical (unpaired) electrons. The first kappa shape index (κ1) is 18.7. The number of hydrogen-bond acceptors (Lipinski definition) is 6. The summed E-state index contributed by atoms with van der Waals surface area (Å²) in [6, 6.07) is 5.19. The largest absolute Gasteiger partial charge is 0.353 e. The van der Waals surface area contributed by atoms with Crippen LogP contribution in [0.15, 0.2) is 18.3 Å². The van der Waals surface area contributed by atoms with Gasteiger partial charge in [0.05, 0.1) is 12.1 Å². The van der Waals surface area contributed by atoms with Crippen LogP contribution in [-0.2, 0) is 4.79 Å². The van der Waals surface area contributed by atoms with Crippen LogP contribution < -0.4 is 15.5 Å². The Balaban J connectivity index is 1.78. The quantitative estimate of drug-likeness (QED) is 0.809. The topological polar surface area (TPSA) is 101 Å². The van der Waals surface area contributed by atoms with Crippen molar-refractivity contribution in [2.75, 3.05) is 44.2 Å². The van der Waals surface area contributed by atoms with Gasteiger partial charge in [-0.1, -0.05) is 13.8 Å². The third-order valence-corrected chi connectivity index (χ3v) is 3.87. The average Bonchev–Trinajstić information content (AvgIpc) is 2.60. The highest BCUT2D eigenvalue weighted by Crippen LogP contribution is 2.17. The molecule has 0 bridgehead atoms. The van der Waals surface area contributed by atoms with E-state index >= 15 is 0 Å². The number of rotatable bonds is 5. The molecule has 134 valence electrons. The number of carbonyl (C=O) groups is 2. The van der Waals surface area contributed by atoms with Gasteiger partial charge in [-0.15, -0.1) is 0 Å². The molecule has 8 heteroatoms. The van der Waals surface area contributed by atoms with Crippen molar-refractivity contribution in [3.05, 3.63) is 23.9 Å². The fourth-order valence-electron chi connectivity index (χ4n) is 2.56. The SMILES string of the molecule is CC(C)CNC(=O)NC(=O)CN1CCN(c2ncccc2C#N)CC1. The van der Waals surface area contributed by atoms with Crippen molar-refractivity contribution in [1.29, 1.82) is 5.26 Å². The Morgan fingerprint density at radius 2 is 2.04 bits per heavy atom. The summed E-state index contributed by atoms with van der Waals surface area (Å²) in [5.41, 5.74) is 0.551. The van der Waals surface area contributed by atoms with Gasteiger partial charge in [0.1, 0.15) is 11.9 Å². The number of anilines is 1. The van der Waals surface area contributed by atoms with E-state index in [2.05, 4.69) is 21.7 Å². The second kappa shape index (κ2) is 8.99. The predicted molar refractivity (Wildman–Crippen MR) is 94.0 cm³/mol. The molecule has 0 spiro atoms. The van der Waals surface area contributed by atoms with Gasteiger partial charge in [-0.05, 0) is 18.1 Å². The number of imide groups is 1. The Morgan fingerprint density at radius 3 is 2.68 bits per heavy atom. The first-order chi connectivity index (χ1) is 12.0. The van der Waals surface area contributed by atoms with Gasteiger partial charge >= 0.3 is 6.03 Å². The molecule has 2 heterocycles. The normalized spacial score (nSPS) is 14.9. The van der Waals surface area contributed by atoms with Crippen LogP contribution in [0, 0.1) is 17.2 Å². The van der Waals surface area contributed by atoms with Crippen molar-refractivity contribution >= 4 is 17.8 Å². The molecule has 1 saturated heterocycles. The summed E-state index contributed by atoms with van der Waals surface area (Å²) in [5, 5.41) is 14.2. The maximum Gasteiger partial charge on any atom is 0.321 e. The van der Waals surface area contributed by atoms with Gasteiger partial charge in [-0.2, -0.15) is 5.26 Å². The number of aromatic nitrogens is 1. The van der Waals surface area contributed by atoms with Crippen molar-refractivity contribution in [3.63, 3.8) is 0 Å². The molecule has 0 aliphatic carbocycles. The van der Waals surface area contributed by atoms with Crippen LogP contribution in [0.1, 0.15) is 19.4 Å². The number of urea groups is 1. The molecular weight excluding hydrogens is 320 g/mol. The van der Waals surface area contributed by atoms with E-state index in [0.717, 1.165) is 0 Å². The molecule has 0 atom stereocenters. The number of pyridine rings is 1. The summed E-state index contributed by atoms with van der Waals surface area (Å²) >= 11 is 0. The summed E-state index contributed by atoms with van der Waals surface area (Å²) in [5.74, 6) is 0.700. The Morgan fingerprint density at radius 1 is 1.32 bits per heavy atom. The van der Waals surface area contributed by atoms with E-state index < -0.39 is 6.03 Å². The molecule has 0 unspecified atom stereocenters. The van der Waals surface area contributed by atoms with Crippen LogP contribution in [0.25, 0.3) is 0 Å². The summed E-state index contributed by atoms with van der Waals surface area (Å²) in [6.07, 6.45) is 1.67. The summed E-state index contributed by atoms with van der Waals surface area (Å²) < 4.78 is 0. The first-order valence-corrected chi connectivity index (χ1v) is 8.39. The molecule has 1 aliphatic rings. The molecule has 0 saturated carbocycles. The highest BCUT2D eigenvalue weighted by atomic mass is 16.2. The van der Waals surface area contributed by atoms with Crippen molar-refractivity contribution in [1.82, 2.24) is 20.5 Å². The van der Waals surface area contributed by atoms with Crippen LogP contribution in [0.4, 0.5) is 10.6 Å². The van der Waals surface area contributed by atoms with Crippen LogP contribution in [0.5, 0.6) is 0 Å². The smallest absolute Gasteiger partial charge is 0.321 e. The number of nitriles is 1. The van der Waals surface area contributed by atoms with Gasteiger partial charge in [0.25, 0.3) is 0 Å². The van der Waals surface area contributed by atoms with Crippen LogP contribution in [0.2, 0.25) is 0 Å². The predicted octanol–water partition coefficient (Wildman–Crippen LogP) is 0.557. The Labute approximate surface area is 147 Å². The first-order valence-electron chi connectivity index (χ1n) is 8.39. The van der Waals surface area contributed by atoms with E-state index in [1.54, 1.807) is 18.3 Å². The number of hydrogen-bond donors (Lipinski definition) is 2. The fourth-order valence-corrected chi connectivity index (χ4v) is 2.56. The van der Waals surface area contributed by atoms with E-state index in [1.165, 1.54) is 0 Å². The Hall–Kier alpha value is -2.66. The van der Waals surface area contributed by atoms with Gasteiger partial charge in [0.15, 0.2) is 0 Å². The van der Waals surface area contributed by atoms with Crippen LogP contribution in [-0.4, -0.2) is 61.1 Å². The highest BCUT2D eigenvalue weighted by Gasteiger charge is 2.22. The lowest BCUT2D eigenvalue weighted by Gasteiger charge is -2.35. The minimum Gasteiger partial charge on any atom is -0.353 e. The van der Waals surface area contributed by atoms with Crippen molar-refractivity contribution < 1.29 is 9.59 Å². The van der Waals surface area contributed by atoms with Crippen LogP contribution in [0.3, 0.4) is 0 Å². The van der Waals surface area contributed by atoms with E-state index in [0.29, 0.717) is 50.0 Å². The van der Waals surface area contributed by atoms with Gasteiger partial charge in [-0.3, -0.25) is 15.0 Å². The van der Waals surface area contributed by atoms with Gasteiger partial charge in [-0.25, -0.2) is 9.78 Å². The van der Waals surface area contributed by atoms with E-state index in [-0.39, 0.29) is 12.5 Å². The second-order valence-corrected chi connectivity index (χ2v) is 6.40. The maximum atomic E-state index is 11.9. The van der Waals surface area contributed by atoms with E-state index in [1.807, 2.05) is 23.6 Å². The minimum atomic E-state index is -0.454. The lowest BCUT2D eigenvalue weighted by molar-refractivity contribution is -0.121. The number of nitrogens with one attached hydrogen (secondary N) is 2. The van der Waals surface area contributed by atoms with Gasteiger partial charge < -0.3 is 10.2 Å². The molecule has 2 N–H and O–H groups in total. The van der Waals surface area contributed by atoms with Crippen molar-refractivity contribution in [2.24, 2.45) is 5.92 Å². The maximum absolute atomic E-state index is 11.9. The monoisotopic (exact) mass is 344 g/mol. The molecule has 1 aliphatic heterocycles. The molecule has 25 heavy (non-hydrogen) atoms. The zero-order valence-electron chi connectivity index (χ0n) is 14.7. The van der Waals surface area contributed by atoms with Gasteiger partial charge in [0, 0.05) is 38.9 Å². The number of carbonyl (C=O) groups excluding carboxylic acids is 2. The highest BCUT2D eigenvalue weighted by molar-refractivity contribution is 5.95. The van der Waals surface area contributed by atoms with E-state index in [9.17, 15) is 9.59 Å². The van der Waals surface area contributed by atoms with E-state index in [4.69, 9.17) is 5.26 Å². The second-order valence-electron chi connectivity index (χ2n) is 6.40. The number of amides is 3. The molecule has 8 nitrogen and oxygen atoms in total. The fraction of sp³-hybridized carbons (Fsp3) is 0.529. The molecule has 2 rings (SSSR count). The molecule has 1 fully saturated rings. The third kappa shape index (κ3) is 5.72. The summed E-state index contributed by atoms with van der Waals surface area (Å²) in [7, 11) is 0. The molecule has 1 aromatic rings.